The van der Waals surface area contributed by atoms with E-state index in [4.69, 9.17) is 5.73 Å². The van der Waals surface area contributed by atoms with E-state index in [9.17, 15) is 4.39 Å². The Morgan fingerprint density at radius 2 is 1.80 bits per heavy atom. The largest absolute Gasteiger partial charge is 0.378 e. The molecule has 1 unspecified atom stereocenters. The van der Waals surface area contributed by atoms with Gasteiger partial charge in [-0.1, -0.05) is 24.3 Å². The zero-order chi connectivity index (χ0) is 14.5. The number of halogens is 1. The molecule has 0 fully saturated rings. The summed E-state index contributed by atoms with van der Waals surface area (Å²) in [5.74, 6) is 0.0491. The van der Waals surface area contributed by atoms with Gasteiger partial charge in [0.25, 0.3) is 0 Å². The standard InChI is InChI=1S/C17H21FN2/c1-20(2)17-5-3-4-14(11-17)15(12-19)10-13-6-8-16(18)9-7-13/h3-9,11,15H,10,12,19H2,1-2H3. The third-order valence-electron chi connectivity index (χ3n) is 3.54. The molecule has 2 rings (SSSR count). The lowest BCUT2D eigenvalue weighted by Crippen LogP contribution is -2.16. The monoisotopic (exact) mass is 272 g/mol. The second-order valence-electron chi connectivity index (χ2n) is 5.25. The van der Waals surface area contributed by atoms with Crippen molar-refractivity contribution in [3.05, 3.63) is 65.5 Å². The molecule has 2 N–H and O–H groups in total. The highest BCUT2D eigenvalue weighted by molar-refractivity contribution is 5.48. The van der Waals surface area contributed by atoms with Gasteiger partial charge in [0, 0.05) is 25.7 Å². The van der Waals surface area contributed by atoms with Crippen LogP contribution in [0.15, 0.2) is 48.5 Å². The summed E-state index contributed by atoms with van der Waals surface area (Å²) < 4.78 is 12.9. The van der Waals surface area contributed by atoms with E-state index in [1.165, 1.54) is 23.4 Å². The molecule has 0 aliphatic heterocycles. The van der Waals surface area contributed by atoms with Crippen molar-refractivity contribution in [2.24, 2.45) is 5.73 Å². The predicted octanol–water partition coefficient (Wildman–Crippen LogP) is 3.18. The highest BCUT2D eigenvalue weighted by atomic mass is 19.1. The Labute approximate surface area is 120 Å². The summed E-state index contributed by atoms with van der Waals surface area (Å²) in [6.45, 7) is 0.578. The first kappa shape index (κ1) is 14.5. The summed E-state index contributed by atoms with van der Waals surface area (Å²) in [6.07, 6.45) is 0.827. The third kappa shape index (κ3) is 3.58. The summed E-state index contributed by atoms with van der Waals surface area (Å²) in [5.41, 5.74) is 9.42. The lowest BCUT2D eigenvalue weighted by molar-refractivity contribution is 0.625. The van der Waals surface area contributed by atoms with Crippen molar-refractivity contribution in [3.63, 3.8) is 0 Å². The van der Waals surface area contributed by atoms with Crippen molar-refractivity contribution >= 4 is 5.69 Å². The van der Waals surface area contributed by atoms with Gasteiger partial charge < -0.3 is 10.6 Å². The average molecular weight is 272 g/mol. The number of hydrogen-bond donors (Lipinski definition) is 1. The molecule has 0 spiro atoms. The summed E-state index contributed by atoms with van der Waals surface area (Å²) in [6, 6.07) is 15.1. The zero-order valence-corrected chi connectivity index (χ0v) is 12.0. The first-order chi connectivity index (χ1) is 9.60. The average Bonchev–Trinajstić information content (AvgIpc) is 2.46. The molecule has 2 nitrogen and oxygen atoms in total. The number of anilines is 1. The molecule has 0 aliphatic carbocycles. The normalized spacial score (nSPS) is 12.2. The highest BCUT2D eigenvalue weighted by Crippen LogP contribution is 2.24. The third-order valence-corrected chi connectivity index (χ3v) is 3.54. The minimum atomic E-state index is -0.201. The molecule has 0 aromatic heterocycles. The Morgan fingerprint density at radius 3 is 2.40 bits per heavy atom. The van der Waals surface area contributed by atoms with Crippen LogP contribution >= 0.6 is 0 Å². The molecule has 3 heteroatoms. The van der Waals surface area contributed by atoms with Crippen LogP contribution in [0.5, 0.6) is 0 Å². The summed E-state index contributed by atoms with van der Waals surface area (Å²) >= 11 is 0. The molecule has 0 bridgehead atoms. The van der Waals surface area contributed by atoms with Crippen LogP contribution in [0.4, 0.5) is 10.1 Å². The molecule has 0 aliphatic rings. The molecule has 0 saturated heterocycles. The molecule has 106 valence electrons. The van der Waals surface area contributed by atoms with Crippen molar-refractivity contribution in [2.75, 3.05) is 25.5 Å². The number of nitrogens with zero attached hydrogens (tertiary/aromatic N) is 1. The predicted molar refractivity (Wildman–Crippen MR) is 82.7 cm³/mol. The maximum atomic E-state index is 12.9. The van der Waals surface area contributed by atoms with Crippen LogP contribution in [-0.4, -0.2) is 20.6 Å². The smallest absolute Gasteiger partial charge is 0.123 e. The fraction of sp³-hybridized carbons (Fsp3) is 0.294. The van der Waals surface area contributed by atoms with E-state index in [1.54, 1.807) is 0 Å². The van der Waals surface area contributed by atoms with Gasteiger partial charge in [0.2, 0.25) is 0 Å². The van der Waals surface area contributed by atoms with E-state index in [1.807, 2.05) is 26.2 Å². The van der Waals surface area contributed by atoms with Gasteiger partial charge in [0.1, 0.15) is 5.82 Å². The van der Waals surface area contributed by atoms with Gasteiger partial charge in [-0.15, -0.1) is 0 Å². The number of benzene rings is 2. The molecular weight excluding hydrogens is 251 g/mol. The van der Waals surface area contributed by atoms with Gasteiger partial charge in [0.05, 0.1) is 0 Å². The second kappa shape index (κ2) is 6.53. The van der Waals surface area contributed by atoms with Crippen molar-refractivity contribution < 1.29 is 4.39 Å². The first-order valence-corrected chi connectivity index (χ1v) is 6.82. The van der Waals surface area contributed by atoms with E-state index in [2.05, 4.69) is 29.2 Å². The van der Waals surface area contributed by atoms with Crippen LogP contribution in [0, 0.1) is 5.82 Å². The van der Waals surface area contributed by atoms with Crippen LogP contribution < -0.4 is 10.6 Å². The minimum Gasteiger partial charge on any atom is -0.378 e. The molecule has 1 atom stereocenters. The highest BCUT2D eigenvalue weighted by Gasteiger charge is 2.11. The lowest BCUT2D eigenvalue weighted by Gasteiger charge is -2.19. The lowest BCUT2D eigenvalue weighted by atomic mass is 9.91. The van der Waals surface area contributed by atoms with Gasteiger partial charge >= 0.3 is 0 Å². The van der Waals surface area contributed by atoms with Crippen LogP contribution in [0.1, 0.15) is 17.0 Å². The van der Waals surface area contributed by atoms with E-state index in [0.29, 0.717) is 6.54 Å². The fourth-order valence-electron chi connectivity index (χ4n) is 2.30. The molecule has 2 aromatic carbocycles. The second-order valence-corrected chi connectivity index (χ2v) is 5.25. The van der Waals surface area contributed by atoms with Gasteiger partial charge in [-0.2, -0.15) is 0 Å². The molecule has 0 amide bonds. The Kier molecular flexibility index (Phi) is 4.74. The fourth-order valence-corrected chi connectivity index (χ4v) is 2.30. The first-order valence-electron chi connectivity index (χ1n) is 6.82. The van der Waals surface area contributed by atoms with Crippen molar-refractivity contribution in [1.82, 2.24) is 0 Å². The Balaban J connectivity index is 2.19. The van der Waals surface area contributed by atoms with Crippen molar-refractivity contribution in [1.29, 1.82) is 0 Å². The summed E-state index contributed by atoms with van der Waals surface area (Å²) in [5, 5.41) is 0. The Morgan fingerprint density at radius 1 is 1.10 bits per heavy atom. The minimum absolute atomic E-state index is 0.201. The van der Waals surface area contributed by atoms with E-state index in [0.717, 1.165) is 12.0 Å². The molecule has 0 saturated carbocycles. The van der Waals surface area contributed by atoms with Gasteiger partial charge in [-0.3, -0.25) is 0 Å². The molecular formula is C17H21FN2. The van der Waals surface area contributed by atoms with Gasteiger partial charge in [-0.05, 0) is 48.4 Å². The number of hydrogen-bond acceptors (Lipinski definition) is 2. The quantitative estimate of drug-likeness (QED) is 0.906. The molecule has 2 aromatic rings. The summed E-state index contributed by atoms with van der Waals surface area (Å²) in [7, 11) is 4.05. The van der Waals surface area contributed by atoms with Gasteiger partial charge in [-0.25, -0.2) is 4.39 Å². The van der Waals surface area contributed by atoms with Crippen LogP contribution in [0.25, 0.3) is 0 Å². The molecule has 20 heavy (non-hydrogen) atoms. The van der Waals surface area contributed by atoms with Crippen LogP contribution in [-0.2, 0) is 6.42 Å². The number of rotatable bonds is 5. The van der Waals surface area contributed by atoms with Gasteiger partial charge in [0.15, 0.2) is 0 Å². The van der Waals surface area contributed by atoms with E-state index in [-0.39, 0.29) is 11.7 Å². The molecule has 0 heterocycles. The van der Waals surface area contributed by atoms with E-state index < -0.39 is 0 Å². The zero-order valence-electron chi connectivity index (χ0n) is 12.0. The van der Waals surface area contributed by atoms with Crippen LogP contribution in [0.3, 0.4) is 0 Å². The van der Waals surface area contributed by atoms with E-state index >= 15 is 0 Å². The maximum absolute atomic E-state index is 12.9. The number of nitrogens with two attached hydrogens (primary N) is 1. The molecule has 0 radical (unpaired) electrons. The van der Waals surface area contributed by atoms with Crippen molar-refractivity contribution in [3.8, 4) is 0 Å². The summed E-state index contributed by atoms with van der Waals surface area (Å²) in [4.78, 5) is 2.08. The Bertz CT molecular complexity index is 549. The van der Waals surface area contributed by atoms with Crippen LogP contribution in [0.2, 0.25) is 0 Å². The maximum Gasteiger partial charge on any atom is 0.123 e. The topological polar surface area (TPSA) is 29.3 Å². The SMILES string of the molecule is CN(C)c1cccc(C(CN)Cc2ccc(F)cc2)c1. The van der Waals surface area contributed by atoms with Crippen molar-refractivity contribution in [2.45, 2.75) is 12.3 Å². The Hall–Kier alpha value is -1.87.